The summed E-state index contributed by atoms with van der Waals surface area (Å²) in [7, 11) is 0. The normalized spacial score (nSPS) is 9.69. The summed E-state index contributed by atoms with van der Waals surface area (Å²) in [6, 6.07) is 7.42. The van der Waals surface area contributed by atoms with E-state index in [2.05, 4.69) is 20.4 Å². The minimum atomic E-state index is -1.22. The smallest absolute Gasteiger partial charge is 0.545 e. The van der Waals surface area contributed by atoms with Crippen molar-refractivity contribution >= 4 is 11.5 Å². The van der Waals surface area contributed by atoms with E-state index in [1.807, 2.05) is 12.1 Å². The Morgan fingerprint density at radius 3 is 2.19 bits per heavy atom. The average Bonchev–Trinajstić information content (AvgIpc) is 2.17. The molecule has 0 saturated carbocycles. The molecule has 0 N–H and O–H groups in total. The van der Waals surface area contributed by atoms with Gasteiger partial charge in [0.25, 0.3) is 0 Å². The van der Waals surface area contributed by atoms with Crippen molar-refractivity contribution in [3.63, 3.8) is 0 Å². The number of benzene rings is 1. The number of carbonyl (C=O) groups is 1. The van der Waals surface area contributed by atoms with Crippen molar-refractivity contribution in [2.24, 2.45) is 5.92 Å². The Labute approximate surface area is 119 Å². The van der Waals surface area contributed by atoms with Crippen LogP contribution in [-0.2, 0) is 11.2 Å². The zero-order valence-corrected chi connectivity index (χ0v) is 12.1. The molecule has 0 aliphatic rings. The first kappa shape index (κ1) is 15.4. The summed E-state index contributed by atoms with van der Waals surface area (Å²) in [5.74, 6) is -0.619. The number of rotatable bonds is 4. The largest absolute Gasteiger partial charge is 1.00 e. The molecule has 0 amide bonds. The van der Waals surface area contributed by atoms with Crippen LogP contribution in [0.1, 0.15) is 25.0 Å². The second-order valence-corrected chi connectivity index (χ2v) is 4.06. The van der Waals surface area contributed by atoms with E-state index in [1.165, 1.54) is 5.56 Å². The molecule has 3 heteroatoms. The first-order chi connectivity index (χ1) is 7.00. The molecule has 0 aromatic heterocycles. The fourth-order valence-corrected chi connectivity index (χ4v) is 1.43. The molecule has 2 nitrogen and oxygen atoms in total. The summed E-state index contributed by atoms with van der Waals surface area (Å²) in [5.41, 5.74) is 1.86. The molecule has 16 heavy (non-hydrogen) atoms. The number of carboxylic acid groups (broad SMARTS) is 1. The van der Waals surface area contributed by atoms with Gasteiger partial charge >= 0.3 is 29.6 Å². The van der Waals surface area contributed by atoms with Gasteiger partial charge < -0.3 is 9.90 Å². The first-order valence-electron chi connectivity index (χ1n) is 5.00. The van der Waals surface area contributed by atoms with Gasteiger partial charge in [-0.15, -0.1) is 0 Å². The molecule has 1 aromatic rings. The van der Waals surface area contributed by atoms with Gasteiger partial charge in [-0.25, -0.2) is 0 Å². The van der Waals surface area contributed by atoms with E-state index in [0.717, 1.165) is 6.42 Å². The molecule has 0 radical (unpaired) electrons. The molecule has 0 bridgehead atoms. The van der Waals surface area contributed by atoms with Crippen molar-refractivity contribution in [3.8, 4) is 0 Å². The van der Waals surface area contributed by atoms with E-state index in [0.29, 0.717) is 11.5 Å². The maximum Gasteiger partial charge on any atom is 1.00 e. The van der Waals surface area contributed by atoms with Gasteiger partial charge in [0.1, 0.15) is 0 Å². The number of carboxylic acids is 1. The minimum Gasteiger partial charge on any atom is -0.545 e. The molecule has 0 aliphatic carbocycles. The van der Waals surface area contributed by atoms with Crippen molar-refractivity contribution in [2.75, 3.05) is 0 Å². The molecule has 0 spiro atoms. The Balaban J connectivity index is 0.00000225. The Morgan fingerprint density at radius 1 is 1.31 bits per heavy atom. The van der Waals surface area contributed by atoms with Crippen LogP contribution >= 0.6 is 0 Å². The number of carbonyl (C=O) groups excluding carboxylic acids is 1. The van der Waals surface area contributed by atoms with Crippen LogP contribution in [0, 0.1) is 5.92 Å². The van der Waals surface area contributed by atoms with Crippen LogP contribution in [0.4, 0.5) is 0 Å². The predicted octanol–water partition coefficient (Wildman–Crippen LogP) is -1.35. The van der Waals surface area contributed by atoms with Crippen molar-refractivity contribution in [3.05, 3.63) is 42.0 Å². The molecule has 0 atom stereocenters. The summed E-state index contributed by atoms with van der Waals surface area (Å²) in [6.45, 7) is 7.75. The van der Waals surface area contributed by atoms with E-state index in [-0.39, 0.29) is 35.1 Å². The maximum atomic E-state index is 10.6. The summed E-state index contributed by atoms with van der Waals surface area (Å²) in [4.78, 5) is 10.6. The average molecular weight is 226 g/mol. The van der Waals surface area contributed by atoms with E-state index >= 15 is 0 Å². The molecule has 80 valence electrons. The molecule has 0 heterocycles. The van der Waals surface area contributed by atoms with Gasteiger partial charge in [-0.1, -0.05) is 44.7 Å². The van der Waals surface area contributed by atoms with Crippen molar-refractivity contribution in [1.29, 1.82) is 0 Å². The molecule has 1 rings (SSSR count). The molecule has 0 aliphatic heterocycles. The van der Waals surface area contributed by atoms with Crippen molar-refractivity contribution in [2.45, 2.75) is 20.3 Å². The third-order valence-electron chi connectivity index (χ3n) is 2.19. The number of hydrogen-bond donors (Lipinski definition) is 0. The number of hydrogen-bond acceptors (Lipinski definition) is 2. The summed E-state index contributed by atoms with van der Waals surface area (Å²) < 4.78 is 0. The molecule has 0 saturated heterocycles. The third-order valence-corrected chi connectivity index (χ3v) is 2.19. The molecular weight excluding hydrogens is 211 g/mol. The van der Waals surface area contributed by atoms with Gasteiger partial charge in [0.2, 0.25) is 0 Å². The Bertz CT molecular complexity index is 366. The van der Waals surface area contributed by atoms with Crippen LogP contribution in [0.25, 0.3) is 5.57 Å². The second-order valence-electron chi connectivity index (χ2n) is 4.06. The van der Waals surface area contributed by atoms with Gasteiger partial charge in [-0.3, -0.25) is 0 Å². The quantitative estimate of drug-likeness (QED) is 0.470. The van der Waals surface area contributed by atoms with Gasteiger partial charge in [0.05, 0.1) is 5.97 Å². The van der Waals surface area contributed by atoms with E-state index in [9.17, 15) is 9.90 Å². The second kappa shape index (κ2) is 6.89. The van der Waals surface area contributed by atoms with Gasteiger partial charge in [0.15, 0.2) is 0 Å². The topological polar surface area (TPSA) is 40.1 Å². The van der Waals surface area contributed by atoms with Crippen molar-refractivity contribution in [1.82, 2.24) is 0 Å². The SMILES string of the molecule is C=C(C(=O)[O-])c1ccc(CC(C)C)cc1.[Na+]. The Hall–Kier alpha value is -0.570. The third kappa shape index (κ3) is 4.52. The molecular formula is C13H15NaO2. The van der Waals surface area contributed by atoms with Crippen molar-refractivity contribution < 1.29 is 39.5 Å². The van der Waals surface area contributed by atoms with Crippen LogP contribution in [0.2, 0.25) is 0 Å². The van der Waals surface area contributed by atoms with Crippen LogP contribution < -0.4 is 34.7 Å². The van der Waals surface area contributed by atoms with Crippen LogP contribution in [0.3, 0.4) is 0 Å². The zero-order chi connectivity index (χ0) is 11.4. The summed E-state index contributed by atoms with van der Waals surface area (Å²) >= 11 is 0. The molecule has 1 aromatic carbocycles. The fourth-order valence-electron chi connectivity index (χ4n) is 1.43. The first-order valence-corrected chi connectivity index (χ1v) is 5.00. The van der Waals surface area contributed by atoms with Gasteiger partial charge in [-0.2, -0.15) is 0 Å². The van der Waals surface area contributed by atoms with E-state index < -0.39 is 5.97 Å². The minimum absolute atomic E-state index is 0. The molecule has 0 fully saturated rings. The number of aliphatic carboxylic acids is 1. The maximum absolute atomic E-state index is 10.6. The van der Waals surface area contributed by atoms with E-state index in [4.69, 9.17) is 0 Å². The Kier molecular flexibility index (Phi) is 6.65. The van der Waals surface area contributed by atoms with Crippen LogP contribution in [0.15, 0.2) is 30.8 Å². The van der Waals surface area contributed by atoms with E-state index in [1.54, 1.807) is 12.1 Å². The predicted molar refractivity (Wildman–Crippen MR) is 59.0 cm³/mol. The summed E-state index contributed by atoms with van der Waals surface area (Å²) in [6.07, 6.45) is 0.998. The monoisotopic (exact) mass is 226 g/mol. The van der Waals surface area contributed by atoms with Crippen LogP contribution in [-0.4, -0.2) is 5.97 Å². The van der Waals surface area contributed by atoms with Crippen LogP contribution in [0.5, 0.6) is 0 Å². The van der Waals surface area contributed by atoms with Gasteiger partial charge in [-0.05, 0) is 29.0 Å². The summed E-state index contributed by atoms with van der Waals surface area (Å²) in [5, 5.41) is 10.6. The zero-order valence-electron chi connectivity index (χ0n) is 10.1. The fraction of sp³-hybridized carbons (Fsp3) is 0.308. The Morgan fingerprint density at radius 2 is 1.81 bits per heavy atom. The standard InChI is InChI=1S/C13H16O2.Na/c1-9(2)8-11-4-6-12(7-5-11)10(3)13(14)15;/h4-7,9H,3,8H2,1-2H3,(H,14,15);/q;+1/p-1. The molecule has 0 unspecified atom stereocenters. The van der Waals surface area contributed by atoms with Gasteiger partial charge in [0, 0.05) is 0 Å².